The maximum absolute atomic E-state index is 13.5. The molecule has 1 unspecified atom stereocenters. The molecular weight excluding hydrogens is 471 g/mol. The van der Waals surface area contributed by atoms with Gasteiger partial charge in [0.15, 0.2) is 6.61 Å². The van der Waals surface area contributed by atoms with Crippen LogP contribution in [0.4, 0.5) is 10.2 Å². The number of nitriles is 1. The molecule has 8 heteroatoms. The molecule has 0 radical (unpaired) electrons. The lowest BCUT2D eigenvalue weighted by Crippen LogP contribution is -2.58. The molecule has 0 N–H and O–H groups in total. The summed E-state index contributed by atoms with van der Waals surface area (Å²) in [5, 5.41) is 10.3. The molecule has 3 heterocycles. The summed E-state index contributed by atoms with van der Waals surface area (Å²) >= 11 is 0. The van der Waals surface area contributed by atoms with Crippen LogP contribution in [0.1, 0.15) is 68.8 Å². The van der Waals surface area contributed by atoms with Crippen LogP contribution in [-0.2, 0) is 22.6 Å². The standard InChI is InChI=1S/C29H35FN4O3/c1-18(2)25-15-33(10-11-34(25)26(35)17-36-21-7-5-6-20(30)12-21)28-23(14-31)22-13-29(3,4)37-16-24(22)27(32-28)19-8-9-19/h5-7,12,18-19,25H,8-11,13,15-17H2,1-4H3. The fourth-order valence-electron chi connectivity index (χ4n) is 5.49. The number of carbonyl (C=O) groups excluding carboxylic acids is 1. The van der Waals surface area contributed by atoms with Crippen molar-refractivity contribution in [1.29, 1.82) is 5.26 Å². The number of halogens is 1. The molecule has 2 fully saturated rings. The normalized spacial score (nSPS) is 20.9. The average molecular weight is 507 g/mol. The molecule has 1 aliphatic carbocycles. The fourth-order valence-corrected chi connectivity index (χ4v) is 5.49. The maximum atomic E-state index is 13.5. The molecular formula is C29H35FN4O3. The first-order valence-corrected chi connectivity index (χ1v) is 13.2. The summed E-state index contributed by atoms with van der Waals surface area (Å²) in [5.41, 5.74) is 3.58. The van der Waals surface area contributed by atoms with Crippen molar-refractivity contribution in [2.45, 2.75) is 71.1 Å². The molecule has 1 aromatic carbocycles. The quantitative estimate of drug-likeness (QED) is 0.571. The Hall–Kier alpha value is -3.18. The van der Waals surface area contributed by atoms with E-state index >= 15 is 0 Å². The van der Waals surface area contributed by atoms with E-state index in [1.54, 1.807) is 12.1 Å². The third-order valence-electron chi connectivity index (χ3n) is 7.68. The molecule has 1 atom stereocenters. The van der Waals surface area contributed by atoms with E-state index in [2.05, 4.69) is 38.7 Å². The molecule has 1 saturated heterocycles. The highest BCUT2D eigenvalue weighted by Gasteiger charge is 2.39. The first-order chi connectivity index (χ1) is 17.7. The molecule has 0 bridgehead atoms. The van der Waals surface area contributed by atoms with Gasteiger partial charge in [-0.1, -0.05) is 19.9 Å². The highest BCUT2D eigenvalue weighted by Crippen LogP contribution is 2.46. The smallest absolute Gasteiger partial charge is 0.260 e. The van der Waals surface area contributed by atoms with E-state index in [0.29, 0.717) is 49.9 Å². The zero-order valence-corrected chi connectivity index (χ0v) is 22.1. The Labute approximate surface area is 218 Å². The second-order valence-electron chi connectivity index (χ2n) is 11.4. The summed E-state index contributed by atoms with van der Waals surface area (Å²) in [6.07, 6.45) is 2.93. The van der Waals surface area contributed by atoms with E-state index in [1.165, 1.54) is 12.1 Å². The van der Waals surface area contributed by atoms with Crippen molar-refractivity contribution in [3.63, 3.8) is 0 Å². The van der Waals surface area contributed by atoms with Crippen LogP contribution >= 0.6 is 0 Å². The summed E-state index contributed by atoms with van der Waals surface area (Å²) in [4.78, 5) is 22.3. The van der Waals surface area contributed by atoms with Crippen LogP contribution in [0, 0.1) is 23.1 Å². The number of anilines is 1. The monoisotopic (exact) mass is 506 g/mol. The number of carbonyl (C=O) groups is 1. The molecule has 1 saturated carbocycles. The number of nitrogens with zero attached hydrogens (tertiary/aromatic N) is 4. The van der Waals surface area contributed by atoms with Gasteiger partial charge in [-0.3, -0.25) is 4.79 Å². The number of hydrogen-bond donors (Lipinski definition) is 0. The minimum Gasteiger partial charge on any atom is -0.484 e. The predicted molar refractivity (Wildman–Crippen MR) is 138 cm³/mol. The van der Waals surface area contributed by atoms with Crippen LogP contribution in [-0.4, -0.2) is 53.7 Å². The van der Waals surface area contributed by atoms with Gasteiger partial charge in [-0.15, -0.1) is 0 Å². The topological polar surface area (TPSA) is 78.7 Å². The largest absolute Gasteiger partial charge is 0.484 e. The van der Waals surface area contributed by atoms with Crippen LogP contribution in [0.2, 0.25) is 0 Å². The zero-order valence-electron chi connectivity index (χ0n) is 22.1. The third kappa shape index (κ3) is 5.28. The molecule has 5 rings (SSSR count). The van der Waals surface area contributed by atoms with Crippen molar-refractivity contribution in [3.05, 3.63) is 52.5 Å². The van der Waals surface area contributed by atoms with Gasteiger partial charge in [0.1, 0.15) is 23.5 Å². The van der Waals surface area contributed by atoms with Crippen molar-refractivity contribution in [2.75, 3.05) is 31.1 Å². The third-order valence-corrected chi connectivity index (χ3v) is 7.68. The molecule has 3 aliphatic rings. The molecule has 1 amide bonds. The summed E-state index contributed by atoms with van der Waals surface area (Å²) in [7, 11) is 0. The highest BCUT2D eigenvalue weighted by atomic mass is 19.1. The van der Waals surface area contributed by atoms with E-state index < -0.39 is 5.82 Å². The Morgan fingerprint density at radius 1 is 1.30 bits per heavy atom. The SMILES string of the molecule is CC(C)C1CN(c2nc(C3CC3)c3c(c2C#N)CC(C)(C)OC3)CCN1C(=O)COc1cccc(F)c1. The highest BCUT2D eigenvalue weighted by molar-refractivity contribution is 5.78. The van der Waals surface area contributed by atoms with E-state index in [4.69, 9.17) is 14.5 Å². The van der Waals surface area contributed by atoms with E-state index in [0.717, 1.165) is 35.5 Å². The summed E-state index contributed by atoms with van der Waals surface area (Å²) in [5.74, 6) is 1.19. The second-order valence-corrected chi connectivity index (χ2v) is 11.4. The molecule has 2 aliphatic heterocycles. The first-order valence-electron chi connectivity index (χ1n) is 13.2. The van der Waals surface area contributed by atoms with Gasteiger partial charge in [-0.2, -0.15) is 5.26 Å². The van der Waals surface area contributed by atoms with Gasteiger partial charge in [-0.25, -0.2) is 9.37 Å². The maximum Gasteiger partial charge on any atom is 0.260 e. The van der Waals surface area contributed by atoms with Crippen LogP contribution in [0.5, 0.6) is 5.75 Å². The summed E-state index contributed by atoms with van der Waals surface area (Å²) in [6, 6.07) is 8.24. The Morgan fingerprint density at radius 2 is 2.08 bits per heavy atom. The van der Waals surface area contributed by atoms with Gasteiger partial charge in [0.2, 0.25) is 0 Å². The minimum atomic E-state index is -0.398. The lowest BCUT2D eigenvalue weighted by atomic mass is 9.87. The Bertz CT molecular complexity index is 1230. The molecule has 1 aromatic heterocycles. The Morgan fingerprint density at radius 3 is 2.76 bits per heavy atom. The number of amides is 1. The van der Waals surface area contributed by atoms with Crippen molar-refractivity contribution in [2.24, 2.45) is 5.92 Å². The molecule has 196 valence electrons. The predicted octanol–water partition coefficient (Wildman–Crippen LogP) is 4.57. The average Bonchev–Trinajstić information content (AvgIpc) is 3.71. The van der Waals surface area contributed by atoms with Crippen LogP contribution < -0.4 is 9.64 Å². The number of ether oxygens (including phenoxy) is 2. The lowest BCUT2D eigenvalue weighted by molar-refractivity contribution is -0.137. The van der Waals surface area contributed by atoms with Crippen LogP contribution in [0.3, 0.4) is 0 Å². The van der Waals surface area contributed by atoms with Gasteiger partial charge in [0.05, 0.1) is 29.5 Å². The fraction of sp³-hybridized carbons (Fsp3) is 0.552. The number of fused-ring (bicyclic) bond motifs is 1. The molecule has 7 nitrogen and oxygen atoms in total. The number of pyridine rings is 1. The van der Waals surface area contributed by atoms with E-state index in [-0.39, 0.29) is 30.1 Å². The molecule has 2 aromatic rings. The summed E-state index contributed by atoms with van der Waals surface area (Å²) in [6.45, 7) is 10.4. The van der Waals surface area contributed by atoms with Gasteiger partial charge >= 0.3 is 0 Å². The Kier molecular flexibility index (Phi) is 6.84. The number of benzene rings is 1. The van der Waals surface area contributed by atoms with Crippen LogP contribution in [0.15, 0.2) is 24.3 Å². The van der Waals surface area contributed by atoms with Crippen molar-refractivity contribution in [1.82, 2.24) is 9.88 Å². The van der Waals surface area contributed by atoms with Gasteiger partial charge < -0.3 is 19.3 Å². The number of rotatable bonds is 6. The van der Waals surface area contributed by atoms with Crippen LogP contribution in [0.25, 0.3) is 0 Å². The second kappa shape index (κ2) is 9.94. The Balaban J connectivity index is 1.39. The minimum absolute atomic E-state index is 0.0640. The van der Waals surface area contributed by atoms with Gasteiger partial charge in [-0.05, 0) is 50.3 Å². The molecule has 0 spiro atoms. The number of piperazine rings is 1. The summed E-state index contributed by atoms with van der Waals surface area (Å²) < 4.78 is 25.2. The van der Waals surface area contributed by atoms with E-state index in [9.17, 15) is 14.4 Å². The van der Waals surface area contributed by atoms with Gasteiger partial charge in [0.25, 0.3) is 5.91 Å². The first kappa shape index (κ1) is 25.5. The number of hydrogen-bond acceptors (Lipinski definition) is 6. The molecule has 37 heavy (non-hydrogen) atoms. The van der Waals surface area contributed by atoms with Gasteiger partial charge in [0, 0.05) is 43.6 Å². The van der Waals surface area contributed by atoms with Crippen molar-refractivity contribution in [3.8, 4) is 11.8 Å². The van der Waals surface area contributed by atoms with Crippen molar-refractivity contribution >= 4 is 11.7 Å². The van der Waals surface area contributed by atoms with Crippen molar-refractivity contribution < 1.29 is 18.7 Å². The lowest BCUT2D eigenvalue weighted by Gasteiger charge is -2.44. The zero-order chi connectivity index (χ0) is 26.3. The number of aromatic nitrogens is 1. The van der Waals surface area contributed by atoms with E-state index in [1.807, 2.05) is 4.90 Å².